The first-order valence-electron chi connectivity index (χ1n) is 3.96. The van der Waals surface area contributed by atoms with Gasteiger partial charge >= 0.3 is 0 Å². The van der Waals surface area contributed by atoms with E-state index in [0.29, 0.717) is 15.2 Å². The van der Waals surface area contributed by atoms with Crippen LogP contribution in [0.1, 0.15) is 0 Å². The second-order valence-corrected chi connectivity index (χ2v) is 4.10. The average Bonchev–Trinajstić information content (AvgIpc) is 2.54. The van der Waals surface area contributed by atoms with Crippen molar-refractivity contribution in [2.45, 2.75) is 0 Å². The predicted octanol–water partition coefficient (Wildman–Crippen LogP) is 4.03. The van der Waals surface area contributed by atoms with E-state index in [-0.39, 0.29) is 5.82 Å². The molecule has 0 aliphatic heterocycles. The lowest BCUT2D eigenvalue weighted by molar-refractivity contribution is 0.617. The number of halogens is 3. The summed E-state index contributed by atoms with van der Waals surface area (Å²) < 4.78 is 15.9. The fraction of sp³-hybridized carbons (Fsp3) is 0. The fourth-order valence-electron chi connectivity index (χ4n) is 1.26. The van der Waals surface area contributed by atoms with E-state index in [1.54, 1.807) is 23.0 Å². The largest absolute Gasteiger partial charge is 0.320 e. The molecule has 0 N–H and O–H groups in total. The van der Waals surface area contributed by atoms with Gasteiger partial charge in [0.15, 0.2) is 0 Å². The maximum atomic E-state index is 13.5. The molecule has 0 atom stereocenters. The lowest BCUT2D eigenvalue weighted by Gasteiger charge is -2.07. The standard InChI is InChI=1S/C10H6BrClFN/c11-8-5-7(12)6-9(13)10(8)14-3-1-2-4-14/h1-6H. The zero-order valence-corrected chi connectivity index (χ0v) is 9.39. The minimum Gasteiger partial charge on any atom is -0.320 e. The summed E-state index contributed by atoms with van der Waals surface area (Å²) in [6.07, 6.45) is 3.55. The molecule has 0 aliphatic rings. The first-order chi connectivity index (χ1) is 6.68. The highest BCUT2D eigenvalue weighted by Gasteiger charge is 2.09. The molecule has 1 nitrogen and oxygen atoms in total. The Kier molecular flexibility index (Phi) is 2.61. The van der Waals surface area contributed by atoms with E-state index in [0.717, 1.165) is 0 Å². The van der Waals surface area contributed by atoms with E-state index in [1.165, 1.54) is 6.07 Å². The summed E-state index contributed by atoms with van der Waals surface area (Å²) in [7, 11) is 0. The third-order valence-corrected chi connectivity index (χ3v) is 2.67. The van der Waals surface area contributed by atoms with Crippen molar-refractivity contribution in [3.8, 4) is 5.69 Å². The summed E-state index contributed by atoms with van der Waals surface area (Å²) in [6, 6.07) is 6.63. The smallest absolute Gasteiger partial charge is 0.149 e. The van der Waals surface area contributed by atoms with Gasteiger partial charge in [0, 0.05) is 21.9 Å². The van der Waals surface area contributed by atoms with Gasteiger partial charge in [0.1, 0.15) is 5.82 Å². The van der Waals surface area contributed by atoms with Crippen LogP contribution in [0.3, 0.4) is 0 Å². The maximum absolute atomic E-state index is 13.5. The molecular formula is C10H6BrClFN. The third-order valence-electron chi connectivity index (χ3n) is 1.84. The molecule has 1 heterocycles. The zero-order valence-electron chi connectivity index (χ0n) is 7.05. The monoisotopic (exact) mass is 273 g/mol. The number of nitrogens with zero attached hydrogens (tertiary/aromatic N) is 1. The third kappa shape index (κ3) is 1.70. The van der Waals surface area contributed by atoms with Crippen LogP contribution in [-0.4, -0.2) is 4.57 Å². The molecule has 0 spiro atoms. The first-order valence-corrected chi connectivity index (χ1v) is 5.13. The Morgan fingerprint density at radius 2 is 1.86 bits per heavy atom. The first kappa shape index (κ1) is 9.74. The van der Waals surface area contributed by atoms with Gasteiger partial charge in [-0.2, -0.15) is 0 Å². The van der Waals surface area contributed by atoms with E-state index in [4.69, 9.17) is 11.6 Å². The molecule has 0 amide bonds. The molecule has 0 saturated carbocycles. The van der Waals surface area contributed by atoms with Gasteiger partial charge in [0.05, 0.1) is 5.69 Å². The van der Waals surface area contributed by atoms with Gasteiger partial charge < -0.3 is 4.57 Å². The Labute approximate surface area is 94.2 Å². The van der Waals surface area contributed by atoms with Gasteiger partial charge in [-0.3, -0.25) is 0 Å². The molecule has 1 aromatic carbocycles. The number of hydrogen-bond donors (Lipinski definition) is 0. The number of aromatic nitrogens is 1. The van der Waals surface area contributed by atoms with Gasteiger partial charge in [0.2, 0.25) is 0 Å². The Bertz CT molecular complexity index is 430. The molecule has 14 heavy (non-hydrogen) atoms. The van der Waals surface area contributed by atoms with Crippen LogP contribution in [0.4, 0.5) is 4.39 Å². The van der Waals surface area contributed by atoms with E-state index in [9.17, 15) is 4.39 Å². The normalized spacial score (nSPS) is 10.5. The molecule has 1 aromatic heterocycles. The quantitative estimate of drug-likeness (QED) is 0.740. The molecular weight excluding hydrogens is 268 g/mol. The Balaban J connectivity index is 2.64. The molecule has 4 heteroatoms. The summed E-state index contributed by atoms with van der Waals surface area (Å²) in [5, 5.41) is 0.380. The molecule has 0 fully saturated rings. The summed E-state index contributed by atoms with van der Waals surface area (Å²) in [5.74, 6) is -0.347. The van der Waals surface area contributed by atoms with Gasteiger partial charge in [-0.15, -0.1) is 0 Å². The second kappa shape index (κ2) is 3.75. The number of benzene rings is 1. The SMILES string of the molecule is Fc1cc(Cl)cc(Br)c1-n1cccc1. The second-order valence-electron chi connectivity index (χ2n) is 2.81. The van der Waals surface area contributed by atoms with Crippen molar-refractivity contribution in [1.29, 1.82) is 0 Å². The molecule has 0 bridgehead atoms. The van der Waals surface area contributed by atoms with Crippen molar-refractivity contribution in [1.82, 2.24) is 4.57 Å². The summed E-state index contributed by atoms with van der Waals surface area (Å²) >= 11 is 8.98. The van der Waals surface area contributed by atoms with E-state index in [2.05, 4.69) is 15.9 Å². The highest BCUT2D eigenvalue weighted by atomic mass is 79.9. The molecule has 0 unspecified atom stereocenters. The maximum Gasteiger partial charge on any atom is 0.149 e. The summed E-state index contributed by atoms with van der Waals surface area (Å²) in [4.78, 5) is 0. The highest BCUT2D eigenvalue weighted by Crippen LogP contribution is 2.27. The number of rotatable bonds is 1. The van der Waals surface area contributed by atoms with Gasteiger partial charge in [0.25, 0.3) is 0 Å². The molecule has 0 radical (unpaired) electrons. The molecule has 2 aromatic rings. The van der Waals surface area contributed by atoms with E-state index < -0.39 is 0 Å². The van der Waals surface area contributed by atoms with Crippen LogP contribution in [-0.2, 0) is 0 Å². The van der Waals surface area contributed by atoms with Crippen molar-refractivity contribution < 1.29 is 4.39 Å². The highest BCUT2D eigenvalue weighted by molar-refractivity contribution is 9.10. The van der Waals surface area contributed by atoms with Gasteiger partial charge in [-0.25, -0.2) is 4.39 Å². The van der Waals surface area contributed by atoms with Crippen molar-refractivity contribution in [3.63, 3.8) is 0 Å². The van der Waals surface area contributed by atoms with Crippen molar-refractivity contribution >= 4 is 27.5 Å². The van der Waals surface area contributed by atoms with Crippen molar-refractivity contribution in [2.75, 3.05) is 0 Å². The molecule has 0 saturated heterocycles. The van der Waals surface area contributed by atoms with Crippen LogP contribution < -0.4 is 0 Å². The minimum absolute atomic E-state index is 0.347. The van der Waals surface area contributed by atoms with Crippen LogP contribution in [0.5, 0.6) is 0 Å². The van der Waals surface area contributed by atoms with Crippen molar-refractivity contribution in [2.24, 2.45) is 0 Å². The van der Waals surface area contributed by atoms with Crippen LogP contribution in [0.25, 0.3) is 5.69 Å². The minimum atomic E-state index is -0.347. The molecule has 0 aliphatic carbocycles. The Morgan fingerprint density at radius 1 is 1.21 bits per heavy atom. The van der Waals surface area contributed by atoms with E-state index in [1.807, 2.05) is 12.1 Å². The zero-order chi connectivity index (χ0) is 10.1. The van der Waals surface area contributed by atoms with Crippen molar-refractivity contribution in [3.05, 3.63) is 52.0 Å². The molecule has 72 valence electrons. The fourth-order valence-corrected chi connectivity index (χ4v) is 2.24. The molecule has 2 rings (SSSR count). The Morgan fingerprint density at radius 3 is 2.43 bits per heavy atom. The van der Waals surface area contributed by atoms with Crippen LogP contribution >= 0.6 is 27.5 Å². The lowest BCUT2D eigenvalue weighted by atomic mass is 10.3. The van der Waals surface area contributed by atoms with Gasteiger partial charge in [-0.05, 0) is 40.2 Å². The Hall–Kier alpha value is -0.800. The summed E-state index contributed by atoms with van der Waals surface area (Å²) in [5.41, 5.74) is 0.472. The predicted molar refractivity (Wildman–Crippen MR) is 58.4 cm³/mol. The number of hydrogen-bond acceptors (Lipinski definition) is 0. The van der Waals surface area contributed by atoms with Gasteiger partial charge in [-0.1, -0.05) is 11.6 Å². The van der Waals surface area contributed by atoms with Crippen LogP contribution in [0.2, 0.25) is 5.02 Å². The summed E-state index contributed by atoms with van der Waals surface area (Å²) in [6.45, 7) is 0. The van der Waals surface area contributed by atoms with Crippen LogP contribution in [0, 0.1) is 5.82 Å². The average molecular weight is 275 g/mol. The van der Waals surface area contributed by atoms with E-state index >= 15 is 0 Å². The lowest BCUT2D eigenvalue weighted by Crippen LogP contribution is -1.95. The topological polar surface area (TPSA) is 4.93 Å². The van der Waals surface area contributed by atoms with Crippen LogP contribution in [0.15, 0.2) is 41.1 Å².